The molecule has 23 heavy (non-hydrogen) atoms. The lowest BCUT2D eigenvalue weighted by atomic mass is 9.83. The molecule has 1 aromatic heterocycles. The summed E-state index contributed by atoms with van der Waals surface area (Å²) < 4.78 is 11.9. The van der Waals surface area contributed by atoms with Crippen LogP contribution < -0.4 is 4.74 Å². The summed E-state index contributed by atoms with van der Waals surface area (Å²) in [5.74, 6) is 0.961. The standard InChI is InChI=1S/C17H21N3O3/c21-16(13-3-1-2-4-13)20-11-17(12-20)9-14(5-8-22-17)23-15-10-18-6-7-19-15/h1-2,6-7,10,13-14H,3-5,8-9,11-12H2/t14-/m0/s1. The van der Waals surface area contributed by atoms with Crippen LogP contribution in [0.5, 0.6) is 5.88 Å². The molecule has 122 valence electrons. The lowest BCUT2D eigenvalue weighted by molar-refractivity contribution is -0.195. The predicted octanol–water partition coefficient (Wildman–Crippen LogP) is 1.58. The number of amides is 1. The van der Waals surface area contributed by atoms with Crippen molar-refractivity contribution in [2.45, 2.75) is 37.4 Å². The van der Waals surface area contributed by atoms with Gasteiger partial charge in [0, 0.05) is 31.2 Å². The summed E-state index contributed by atoms with van der Waals surface area (Å²) in [5, 5.41) is 0. The van der Waals surface area contributed by atoms with Crippen molar-refractivity contribution in [2.75, 3.05) is 19.7 Å². The maximum Gasteiger partial charge on any atom is 0.232 e. The Balaban J connectivity index is 1.32. The van der Waals surface area contributed by atoms with Gasteiger partial charge in [-0.1, -0.05) is 12.2 Å². The van der Waals surface area contributed by atoms with Gasteiger partial charge in [0.1, 0.15) is 11.7 Å². The fraction of sp³-hybridized carbons (Fsp3) is 0.588. The molecule has 6 heteroatoms. The van der Waals surface area contributed by atoms with E-state index in [1.807, 2.05) is 4.90 Å². The molecular weight excluding hydrogens is 294 g/mol. The van der Waals surface area contributed by atoms with Crippen molar-refractivity contribution in [3.8, 4) is 5.88 Å². The Morgan fingerprint density at radius 3 is 2.87 bits per heavy atom. The molecule has 0 aromatic carbocycles. The van der Waals surface area contributed by atoms with Gasteiger partial charge in [0.2, 0.25) is 11.8 Å². The molecule has 2 fully saturated rings. The second-order valence-electron chi connectivity index (χ2n) is 6.64. The van der Waals surface area contributed by atoms with Crippen LogP contribution in [0.15, 0.2) is 30.7 Å². The van der Waals surface area contributed by atoms with Gasteiger partial charge in [0.15, 0.2) is 0 Å². The van der Waals surface area contributed by atoms with Crippen molar-refractivity contribution in [1.82, 2.24) is 14.9 Å². The molecule has 2 aliphatic heterocycles. The lowest BCUT2D eigenvalue weighted by Crippen LogP contribution is -2.68. The van der Waals surface area contributed by atoms with Gasteiger partial charge in [-0.2, -0.15) is 0 Å². The highest BCUT2D eigenvalue weighted by atomic mass is 16.5. The Kier molecular flexibility index (Phi) is 3.77. The Bertz CT molecular complexity index is 590. The number of likely N-dealkylation sites (tertiary alicyclic amines) is 1. The smallest absolute Gasteiger partial charge is 0.232 e. The average molecular weight is 315 g/mol. The molecule has 6 nitrogen and oxygen atoms in total. The highest BCUT2D eigenvalue weighted by Crippen LogP contribution is 2.37. The Labute approximate surface area is 135 Å². The number of hydrogen-bond donors (Lipinski definition) is 0. The zero-order chi connectivity index (χ0) is 15.7. The first-order chi connectivity index (χ1) is 11.2. The van der Waals surface area contributed by atoms with Crippen LogP contribution in [0.2, 0.25) is 0 Å². The molecule has 2 saturated heterocycles. The second kappa shape index (κ2) is 5.92. The van der Waals surface area contributed by atoms with Gasteiger partial charge in [-0.05, 0) is 12.8 Å². The van der Waals surface area contributed by atoms with Crippen LogP contribution in [-0.2, 0) is 9.53 Å². The van der Waals surface area contributed by atoms with Gasteiger partial charge in [0.05, 0.1) is 25.9 Å². The second-order valence-corrected chi connectivity index (χ2v) is 6.64. The Morgan fingerprint density at radius 1 is 1.30 bits per heavy atom. The Hall–Kier alpha value is -1.95. The van der Waals surface area contributed by atoms with Gasteiger partial charge in [-0.3, -0.25) is 9.78 Å². The van der Waals surface area contributed by atoms with Crippen molar-refractivity contribution >= 4 is 5.91 Å². The van der Waals surface area contributed by atoms with Crippen molar-refractivity contribution in [3.63, 3.8) is 0 Å². The fourth-order valence-electron chi connectivity index (χ4n) is 3.70. The van der Waals surface area contributed by atoms with Crippen LogP contribution in [0.3, 0.4) is 0 Å². The summed E-state index contributed by atoms with van der Waals surface area (Å²) in [7, 11) is 0. The van der Waals surface area contributed by atoms with Crippen LogP contribution >= 0.6 is 0 Å². The van der Waals surface area contributed by atoms with Crippen LogP contribution in [0, 0.1) is 5.92 Å². The number of carbonyl (C=O) groups is 1. The molecule has 1 spiro atoms. The number of ether oxygens (including phenoxy) is 2. The van der Waals surface area contributed by atoms with Crippen molar-refractivity contribution < 1.29 is 14.3 Å². The molecule has 1 amide bonds. The molecule has 3 heterocycles. The summed E-state index contributed by atoms with van der Waals surface area (Å²) in [6, 6.07) is 0. The third-order valence-corrected chi connectivity index (χ3v) is 4.90. The third kappa shape index (κ3) is 2.95. The molecule has 0 bridgehead atoms. The maximum absolute atomic E-state index is 12.4. The van der Waals surface area contributed by atoms with E-state index in [4.69, 9.17) is 9.47 Å². The van der Waals surface area contributed by atoms with E-state index >= 15 is 0 Å². The number of nitrogens with zero attached hydrogens (tertiary/aromatic N) is 3. The number of allylic oxidation sites excluding steroid dienone is 2. The summed E-state index contributed by atoms with van der Waals surface area (Å²) in [4.78, 5) is 22.5. The van der Waals surface area contributed by atoms with Crippen molar-refractivity contribution in [1.29, 1.82) is 0 Å². The number of aromatic nitrogens is 2. The fourth-order valence-corrected chi connectivity index (χ4v) is 3.70. The molecule has 0 radical (unpaired) electrons. The van der Waals surface area contributed by atoms with Gasteiger partial charge in [-0.25, -0.2) is 4.98 Å². The van der Waals surface area contributed by atoms with Gasteiger partial charge in [0.25, 0.3) is 0 Å². The molecule has 3 aliphatic rings. The largest absolute Gasteiger partial charge is 0.473 e. The highest BCUT2D eigenvalue weighted by molar-refractivity contribution is 5.80. The molecule has 4 rings (SSSR count). The summed E-state index contributed by atoms with van der Waals surface area (Å²) >= 11 is 0. The van der Waals surface area contributed by atoms with E-state index in [2.05, 4.69) is 22.1 Å². The minimum Gasteiger partial charge on any atom is -0.473 e. The quantitative estimate of drug-likeness (QED) is 0.793. The van der Waals surface area contributed by atoms with E-state index in [0.717, 1.165) is 25.7 Å². The van der Waals surface area contributed by atoms with Gasteiger partial charge >= 0.3 is 0 Å². The SMILES string of the molecule is O=C(C1CC=CC1)N1CC2(C[C@@H](Oc3cnccn3)CCO2)C1. The van der Waals surface area contributed by atoms with Gasteiger partial charge in [-0.15, -0.1) is 0 Å². The summed E-state index contributed by atoms with van der Waals surface area (Å²) in [6.07, 6.45) is 12.6. The first-order valence-electron chi connectivity index (χ1n) is 8.25. The molecule has 1 aliphatic carbocycles. The molecule has 0 N–H and O–H groups in total. The van der Waals surface area contributed by atoms with Gasteiger partial charge < -0.3 is 14.4 Å². The molecular formula is C17H21N3O3. The first-order valence-corrected chi connectivity index (χ1v) is 8.25. The number of hydrogen-bond acceptors (Lipinski definition) is 5. The number of rotatable bonds is 3. The third-order valence-electron chi connectivity index (χ3n) is 4.90. The van der Waals surface area contributed by atoms with E-state index in [9.17, 15) is 4.79 Å². The minimum absolute atomic E-state index is 0.0749. The van der Waals surface area contributed by atoms with Crippen LogP contribution in [0.25, 0.3) is 0 Å². The van der Waals surface area contributed by atoms with E-state index in [1.165, 1.54) is 0 Å². The molecule has 0 saturated carbocycles. The topological polar surface area (TPSA) is 64.6 Å². The molecule has 1 atom stereocenters. The Morgan fingerprint density at radius 2 is 2.13 bits per heavy atom. The monoisotopic (exact) mass is 315 g/mol. The minimum atomic E-state index is -0.229. The molecule has 1 aromatic rings. The maximum atomic E-state index is 12.4. The van der Waals surface area contributed by atoms with E-state index < -0.39 is 0 Å². The zero-order valence-corrected chi connectivity index (χ0v) is 13.1. The van der Waals surface area contributed by atoms with Crippen LogP contribution in [0.4, 0.5) is 0 Å². The van der Waals surface area contributed by atoms with Crippen LogP contribution in [-0.4, -0.2) is 52.2 Å². The van der Waals surface area contributed by atoms with Crippen molar-refractivity contribution in [2.24, 2.45) is 5.92 Å². The normalized spacial score (nSPS) is 26.3. The number of carbonyl (C=O) groups excluding carboxylic acids is 1. The first kappa shape index (κ1) is 14.6. The summed E-state index contributed by atoms with van der Waals surface area (Å²) in [6.45, 7) is 2.03. The van der Waals surface area contributed by atoms with E-state index in [-0.39, 0.29) is 23.5 Å². The van der Waals surface area contributed by atoms with E-state index in [0.29, 0.717) is 25.6 Å². The molecule has 0 unspecified atom stereocenters. The lowest BCUT2D eigenvalue weighted by Gasteiger charge is -2.53. The highest BCUT2D eigenvalue weighted by Gasteiger charge is 2.50. The zero-order valence-electron chi connectivity index (χ0n) is 13.1. The predicted molar refractivity (Wildman–Crippen MR) is 82.8 cm³/mol. The van der Waals surface area contributed by atoms with Crippen molar-refractivity contribution in [3.05, 3.63) is 30.7 Å². The van der Waals surface area contributed by atoms with E-state index in [1.54, 1.807) is 18.6 Å². The summed E-state index contributed by atoms with van der Waals surface area (Å²) in [5.41, 5.74) is -0.229. The van der Waals surface area contributed by atoms with Crippen LogP contribution in [0.1, 0.15) is 25.7 Å². The average Bonchev–Trinajstić information content (AvgIpc) is 3.07.